The van der Waals surface area contributed by atoms with E-state index >= 15 is 0 Å². The lowest BCUT2D eigenvalue weighted by Crippen LogP contribution is -2.39. The van der Waals surface area contributed by atoms with Crippen LogP contribution in [0, 0.1) is 0 Å². The third kappa shape index (κ3) is 3.30. The first kappa shape index (κ1) is 18.0. The number of hydrogen-bond acceptors (Lipinski definition) is 6. The molecule has 24 heavy (non-hydrogen) atoms. The molecule has 11 heteroatoms. The van der Waals surface area contributed by atoms with Gasteiger partial charge in [0.05, 0.1) is 18.6 Å². The summed E-state index contributed by atoms with van der Waals surface area (Å²) in [7, 11) is 0. The summed E-state index contributed by atoms with van der Waals surface area (Å²) in [4.78, 5) is 7.34. The number of alkyl halides is 3. The lowest BCUT2D eigenvalue weighted by atomic mass is 10.3. The van der Waals surface area contributed by atoms with E-state index < -0.39 is 18.1 Å². The van der Waals surface area contributed by atoms with Crippen molar-refractivity contribution in [1.29, 1.82) is 0 Å². The lowest BCUT2D eigenvalue weighted by Gasteiger charge is -2.23. The molecule has 2 aromatic rings. The monoisotopic (exact) mass is 363 g/mol. The molecule has 3 heterocycles. The van der Waals surface area contributed by atoms with Crippen molar-refractivity contribution in [2.24, 2.45) is 0 Å². The molecule has 0 aromatic carbocycles. The second-order valence-electron chi connectivity index (χ2n) is 4.79. The molecule has 0 saturated heterocycles. The highest BCUT2D eigenvalue weighted by atomic mass is 35.5. The van der Waals surface area contributed by atoms with Gasteiger partial charge in [-0.1, -0.05) is 6.07 Å². The standard InChI is InChI=1S/C13H12F3N5O2.ClH/c14-13(15,16)10-5-20(7-18-10)9-4-19-21(12(9)23)11-2-1-8(6-22)3-17-11;/h1-5,7,12,19,22-23H,6H2;1H. The predicted molar refractivity (Wildman–Crippen MR) is 80.5 cm³/mol. The summed E-state index contributed by atoms with van der Waals surface area (Å²) in [6.07, 6.45) is -1.25. The molecule has 0 amide bonds. The number of aromatic nitrogens is 3. The van der Waals surface area contributed by atoms with Gasteiger partial charge in [-0.05, 0) is 11.6 Å². The van der Waals surface area contributed by atoms with Crippen LogP contribution in [0.5, 0.6) is 0 Å². The molecule has 0 radical (unpaired) electrons. The fourth-order valence-electron chi connectivity index (χ4n) is 2.08. The summed E-state index contributed by atoms with van der Waals surface area (Å²) < 4.78 is 38.8. The van der Waals surface area contributed by atoms with Gasteiger partial charge in [0.25, 0.3) is 0 Å². The van der Waals surface area contributed by atoms with E-state index in [-0.39, 0.29) is 24.7 Å². The Morgan fingerprint density at radius 2 is 2.00 bits per heavy atom. The Hall–Kier alpha value is -2.30. The number of nitrogens with zero attached hydrogens (tertiary/aromatic N) is 4. The van der Waals surface area contributed by atoms with Crippen LogP contribution >= 0.6 is 12.4 Å². The molecule has 7 nitrogen and oxygen atoms in total. The molecule has 0 aliphatic carbocycles. The first-order valence-corrected chi connectivity index (χ1v) is 6.51. The van der Waals surface area contributed by atoms with Gasteiger partial charge in [0, 0.05) is 18.6 Å². The van der Waals surface area contributed by atoms with Crippen LogP contribution in [-0.4, -0.2) is 31.0 Å². The van der Waals surface area contributed by atoms with E-state index in [1.54, 1.807) is 12.1 Å². The molecule has 2 aromatic heterocycles. The van der Waals surface area contributed by atoms with E-state index in [1.807, 2.05) is 0 Å². The molecule has 3 rings (SSSR count). The number of anilines is 1. The van der Waals surface area contributed by atoms with Gasteiger partial charge in [-0.25, -0.2) is 15.0 Å². The third-order valence-electron chi connectivity index (χ3n) is 3.27. The predicted octanol–water partition coefficient (Wildman–Crippen LogP) is 1.35. The molecule has 0 saturated carbocycles. The summed E-state index contributed by atoms with van der Waals surface area (Å²) >= 11 is 0. The Balaban J connectivity index is 0.00000208. The number of hydrazine groups is 1. The van der Waals surface area contributed by atoms with E-state index in [1.165, 1.54) is 17.4 Å². The molecular formula is C13H13ClF3N5O2. The molecule has 0 bridgehead atoms. The molecule has 3 N–H and O–H groups in total. The topological polar surface area (TPSA) is 86.4 Å². The van der Waals surface area contributed by atoms with E-state index in [0.717, 1.165) is 17.1 Å². The zero-order chi connectivity index (χ0) is 16.6. The Morgan fingerprint density at radius 3 is 2.54 bits per heavy atom. The molecule has 0 fully saturated rings. The van der Waals surface area contributed by atoms with Crippen LogP contribution < -0.4 is 10.4 Å². The number of pyridine rings is 1. The van der Waals surface area contributed by atoms with Crippen molar-refractivity contribution in [3.63, 3.8) is 0 Å². The van der Waals surface area contributed by atoms with Crippen LogP contribution in [-0.2, 0) is 12.8 Å². The zero-order valence-electron chi connectivity index (χ0n) is 12.0. The molecule has 1 unspecified atom stereocenters. The van der Waals surface area contributed by atoms with Crippen molar-refractivity contribution < 1.29 is 23.4 Å². The molecule has 130 valence electrons. The molecule has 1 aliphatic heterocycles. The van der Waals surface area contributed by atoms with Crippen molar-refractivity contribution in [3.05, 3.63) is 48.3 Å². The molecule has 1 aliphatic rings. The summed E-state index contributed by atoms with van der Waals surface area (Å²) in [6, 6.07) is 3.18. The van der Waals surface area contributed by atoms with Gasteiger partial charge in [-0.2, -0.15) is 13.2 Å². The lowest BCUT2D eigenvalue weighted by molar-refractivity contribution is -0.140. The van der Waals surface area contributed by atoms with E-state index in [4.69, 9.17) is 5.11 Å². The highest BCUT2D eigenvalue weighted by Crippen LogP contribution is 2.29. The van der Waals surface area contributed by atoms with Crippen LogP contribution in [0.25, 0.3) is 5.70 Å². The van der Waals surface area contributed by atoms with Crippen LogP contribution in [0.15, 0.2) is 37.1 Å². The Morgan fingerprint density at radius 1 is 1.25 bits per heavy atom. The van der Waals surface area contributed by atoms with E-state index in [0.29, 0.717) is 11.4 Å². The summed E-state index contributed by atoms with van der Waals surface area (Å²) in [5.74, 6) is 0.345. The van der Waals surface area contributed by atoms with Gasteiger partial charge < -0.3 is 14.8 Å². The zero-order valence-corrected chi connectivity index (χ0v) is 12.8. The van der Waals surface area contributed by atoms with Crippen LogP contribution in [0.3, 0.4) is 0 Å². The van der Waals surface area contributed by atoms with Crippen LogP contribution in [0.2, 0.25) is 0 Å². The van der Waals surface area contributed by atoms with Gasteiger partial charge in [-0.15, -0.1) is 12.4 Å². The number of aliphatic hydroxyl groups is 2. The maximum absolute atomic E-state index is 12.6. The average molecular weight is 364 g/mol. The number of rotatable bonds is 3. The Kier molecular flexibility index (Phi) is 5.02. The minimum atomic E-state index is -4.55. The first-order chi connectivity index (χ1) is 10.9. The Bertz CT molecular complexity index is 732. The largest absolute Gasteiger partial charge is 0.434 e. The number of imidazole rings is 1. The summed E-state index contributed by atoms with van der Waals surface area (Å²) in [5.41, 5.74) is 2.44. The summed E-state index contributed by atoms with van der Waals surface area (Å²) in [5, 5.41) is 20.5. The molecular weight excluding hydrogens is 351 g/mol. The Labute approximate surface area is 140 Å². The van der Waals surface area contributed by atoms with Crippen molar-refractivity contribution in [1.82, 2.24) is 20.0 Å². The highest BCUT2D eigenvalue weighted by Gasteiger charge is 2.35. The molecule has 1 atom stereocenters. The number of aliphatic hydroxyl groups excluding tert-OH is 2. The van der Waals surface area contributed by atoms with E-state index in [9.17, 15) is 18.3 Å². The maximum Gasteiger partial charge on any atom is 0.434 e. The van der Waals surface area contributed by atoms with Crippen LogP contribution in [0.4, 0.5) is 19.0 Å². The second kappa shape index (κ2) is 6.67. The maximum atomic E-state index is 12.6. The second-order valence-corrected chi connectivity index (χ2v) is 4.79. The third-order valence-corrected chi connectivity index (χ3v) is 3.27. The van der Waals surface area contributed by atoms with E-state index in [2.05, 4.69) is 15.4 Å². The average Bonchev–Trinajstić information content (AvgIpc) is 3.13. The van der Waals surface area contributed by atoms with Crippen molar-refractivity contribution in [2.75, 3.05) is 5.01 Å². The van der Waals surface area contributed by atoms with Crippen molar-refractivity contribution in [2.45, 2.75) is 19.0 Å². The smallest absolute Gasteiger partial charge is 0.392 e. The summed E-state index contributed by atoms with van der Waals surface area (Å²) in [6.45, 7) is -0.165. The highest BCUT2D eigenvalue weighted by molar-refractivity contribution is 5.85. The van der Waals surface area contributed by atoms with Crippen molar-refractivity contribution >= 4 is 23.9 Å². The van der Waals surface area contributed by atoms with Gasteiger partial charge in [0.2, 0.25) is 0 Å². The van der Waals surface area contributed by atoms with Crippen LogP contribution in [0.1, 0.15) is 11.3 Å². The van der Waals surface area contributed by atoms with Crippen molar-refractivity contribution in [3.8, 4) is 0 Å². The minimum Gasteiger partial charge on any atom is -0.392 e. The van der Waals surface area contributed by atoms with Gasteiger partial charge in [0.1, 0.15) is 5.82 Å². The van der Waals surface area contributed by atoms with Gasteiger partial charge >= 0.3 is 6.18 Å². The SMILES string of the molecule is Cl.OCc1ccc(N2NC=C(n3cnc(C(F)(F)F)c3)C2O)nc1. The fraction of sp³-hybridized carbons (Fsp3) is 0.231. The van der Waals surface area contributed by atoms with Gasteiger partial charge in [-0.3, -0.25) is 5.43 Å². The number of hydrogen-bond donors (Lipinski definition) is 3. The number of nitrogens with one attached hydrogen (secondary N) is 1. The minimum absolute atomic E-state index is 0. The normalized spacial score (nSPS) is 17.3. The first-order valence-electron chi connectivity index (χ1n) is 6.51. The quantitative estimate of drug-likeness (QED) is 0.763. The fourth-order valence-corrected chi connectivity index (χ4v) is 2.08. The molecule has 0 spiro atoms. The van der Waals surface area contributed by atoms with Gasteiger partial charge in [0.15, 0.2) is 11.9 Å². The number of halogens is 4.